The predicted octanol–water partition coefficient (Wildman–Crippen LogP) is 2.90. The summed E-state index contributed by atoms with van der Waals surface area (Å²) >= 11 is 0. The van der Waals surface area contributed by atoms with Crippen molar-refractivity contribution in [3.05, 3.63) is 59.9 Å². The second kappa shape index (κ2) is 6.90. The summed E-state index contributed by atoms with van der Waals surface area (Å²) in [6.07, 6.45) is 1.83. The van der Waals surface area contributed by atoms with E-state index < -0.39 is 0 Å². The molecular weight excluding hydrogens is 236 g/mol. The predicted molar refractivity (Wildman–Crippen MR) is 77.2 cm³/mol. The minimum atomic E-state index is 0.689. The van der Waals surface area contributed by atoms with Crippen LogP contribution in [0, 0.1) is 6.92 Å². The smallest absolute Gasteiger partial charge is 0.122 e. The van der Waals surface area contributed by atoms with Crippen molar-refractivity contribution >= 4 is 0 Å². The van der Waals surface area contributed by atoms with Crippen molar-refractivity contribution in [2.24, 2.45) is 0 Å². The van der Waals surface area contributed by atoms with Gasteiger partial charge in [0.05, 0.1) is 5.69 Å². The largest absolute Gasteiger partial charge is 0.492 e. The number of ether oxygens (including phenoxy) is 1. The Morgan fingerprint density at radius 1 is 1.11 bits per heavy atom. The first-order chi connectivity index (χ1) is 9.25. The van der Waals surface area contributed by atoms with Crippen molar-refractivity contribution in [1.29, 1.82) is 0 Å². The van der Waals surface area contributed by atoms with Gasteiger partial charge in [0.15, 0.2) is 0 Å². The summed E-state index contributed by atoms with van der Waals surface area (Å²) in [6.45, 7) is 4.48. The third kappa shape index (κ3) is 4.38. The highest BCUT2D eigenvalue weighted by atomic mass is 16.5. The molecule has 3 heteroatoms. The van der Waals surface area contributed by atoms with Crippen LogP contribution in [-0.4, -0.2) is 30.1 Å². The first-order valence-electron chi connectivity index (χ1n) is 6.52. The van der Waals surface area contributed by atoms with Crippen molar-refractivity contribution in [2.45, 2.75) is 13.5 Å². The Kier molecular flexibility index (Phi) is 4.93. The van der Waals surface area contributed by atoms with Gasteiger partial charge in [-0.25, -0.2) is 0 Å². The van der Waals surface area contributed by atoms with E-state index in [4.69, 9.17) is 4.74 Å². The lowest BCUT2D eigenvalue weighted by atomic mass is 10.2. The fraction of sp³-hybridized carbons (Fsp3) is 0.312. The molecule has 1 aromatic heterocycles. The molecule has 0 radical (unpaired) electrons. The number of likely N-dealkylation sites (N-methyl/N-ethyl adjacent to an activating group) is 1. The molecule has 0 fully saturated rings. The molecule has 1 heterocycles. The average molecular weight is 256 g/mol. The SMILES string of the molecule is Cc1ccccc1OCCN(C)Cc1ccccn1. The Morgan fingerprint density at radius 2 is 1.89 bits per heavy atom. The van der Waals surface area contributed by atoms with Crippen molar-refractivity contribution in [3.63, 3.8) is 0 Å². The van der Waals surface area contributed by atoms with Gasteiger partial charge in [0.25, 0.3) is 0 Å². The van der Waals surface area contributed by atoms with E-state index in [1.807, 2.05) is 42.6 Å². The minimum absolute atomic E-state index is 0.689. The zero-order valence-corrected chi connectivity index (χ0v) is 11.5. The molecule has 0 bridgehead atoms. The molecule has 0 saturated heterocycles. The fourth-order valence-corrected chi connectivity index (χ4v) is 1.88. The third-order valence-electron chi connectivity index (χ3n) is 2.98. The van der Waals surface area contributed by atoms with Gasteiger partial charge in [0.2, 0.25) is 0 Å². The highest BCUT2D eigenvalue weighted by molar-refractivity contribution is 5.31. The van der Waals surface area contributed by atoms with Crippen molar-refractivity contribution < 1.29 is 4.74 Å². The molecule has 2 aromatic rings. The molecule has 100 valence electrons. The van der Waals surface area contributed by atoms with Crippen LogP contribution in [0.15, 0.2) is 48.7 Å². The quantitative estimate of drug-likeness (QED) is 0.794. The molecule has 0 spiro atoms. The summed E-state index contributed by atoms with van der Waals surface area (Å²) in [6, 6.07) is 14.1. The van der Waals surface area contributed by atoms with Gasteiger partial charge in [-0.1, -0.05) is 24.3 Å². The minimum Gasteiger partial charge on any atom is -0.492 e. The highest BCUT2D eigenvalue weighted by Crippen LogP contribution is 2.15. The van der Waals surface area contributed by atoms with E-state index >= 15 is 0 Å². The van der Waals surface area contributed by atoms with E-state index in [2.05, 4.69) is 29.9 Å². The summed E-state index contributed by atoms with van der Waals surface area (Å²) in [5, 5.41) is 0. The first-order valence-corrected chi connectivity index (χ1v) is 6.52. The standard InChI is InChI=1S/C16H20N2O/c1-14-7-3-4-9-16(14)19-12-11-18(2)13-15-8-5-6-10-17-15/h3-10H,11-13H2,1-2H3. The lowest BCUT2D eigenvalue weighted by Gasteiger charge is -2.17. The number of pyridine rings is 1. The van der Waals surface area contributed by atoms with Gasteiger partial charge in [-0.15, -0.1) is 0 Å². The number of aryl methyl sites for hydroxylation is 1. The van der Waals surface area contributed by atoms with E-state index in [0.717, 1.165) is 24.5 Å². The first kappa shape index (κ1) is 13.6. The molecule has 19 heavy (non-hydrogen) atoms. The van der Waals surface area contributed by atoms with E-state index in [1.165, 1.54) is 5.56 Å². The number of para-hydroxylation sites is 1. The van der Waals surface area contributed by atoms with Crippen LogP contribution in [0.2, 0.25) is 0 Å². The molecule has 0 atom stereocenters. The van der Waals surface area contributed by atoms with Crippen molar-refractivity contribution in [2.75, 3.05) is 20.2 Å². The number of hydrogen-bond donors (Lipinski definition) is 0. The highest BCUT2D eigenvalue weighted by Gasteiger charge is 2.02. The topological polar surface area (TPSA) is 25.4 Å². The number of hydrogen-bond acceptors (Lipinski definition) is 3. The zero-order chi connectivity index (χ0) is 13.5. The van der Waals surface area contributed by atoms with E-state index in [1.54, 1.807) is 0 Å². The van der Waals surface area contributed by atoms with Crippen LogP contribution < -0.4 is 4.74 Å². The van der Waals surface area contributed by atoms with Crippen molar-refractivity contribution in [3.8, 4) is 5.75 Å². The van der Waals surface area contributed by atoms with Crippen LogP contribution in [0.3, 0.4) is 0 Å². The molecule has 0 aliphatic rings. The van der Waals surface area contributed by atoms with Crippen LogP contribution in [-0.2, 0) is 6.54 Å². The zero-order valence-electron chi connectivity index (χ0n) is 11.5. The Labute approximate surface area is 114 Å². The van der Waals surface area contributed by atoms with Crippen LogP contribution in [0.1, 0.15) is 11.3 Å². The maximum absolute atomic E-state index is 5.78. The van der Waals surface area contributed by atoms with Crippen LogP contribution in [0.4, 0.5) is 0 Å². The van der Waals surface area contributed by atoms with E-state index in [-0.39, 0.29) is 0 Å². The molecular formula is C16H20N2O. The lowest BCUT2D eigenvalue weighted by molar-refractivity contribution is 0.230. The molecule has 0 N–H and O–H groups in total. The Balaban J connectivity index is 1.75. The van der Waals surface area contributed by atoms with Gasteiger partial charge in [0.1, 0.15) is 12.4 Å². The van der Waals surface area contributed by atoms with Crippen LogP contribution in [0.5, 0.6) is 5.75 Å². The maximum Gasteiger partial charge on any atom is 0.122 e. The number of aromatic nitrogens is 1. The van der Waals surface area contributed by atoms with Gasteiger partial charge in [-0.05, 0) is 37.7 Å². The van der Waals surface area contributed by atoms with Gasteiger partial charge in [-0.2, -0.15) is 0 Å². The third-order valence-corrected chi connectivity index (χ3v) is 2.98. The van der Waals surface area contributed by atoms with E-state index in [9.17, 15) is 0 Å². The van der Waals surface area contributed by atoms with Gasteiger partial charge in [-0.3, -0.25) is 9.88 Å². The van der Waals surface area contributed by atoms with Crippen LogP contribution in [0.25, 0.3) is 0 Å². The number of nitrogens with zero attached hydrogens (tertiary/aromatic N) is 2. The van der Waals surface area contributed by atoms with E-state index in [0.29, 0.717) is 6.61 Å². The summed E-state index contributed by atoms with van der Waals surface area (Å²) in [5.41, 5.74) is 2.26. The normalized spacial score (nSPS) is 10.7. The van der Waals surface area contributed by atoms with Crippen molar-refractivity contribution in [1.82, 2.24) is 9.88 Å². The molecule has 2 rings (SSSR count). The summed E-state index contributed by atoms with van der Waals surface area (Å²) in [7, 11) is 2.08. The number of rotatable bonds is 6. The van der Waals surface area contributed by atoms with Gasteiger partial charge >= 0.3 is 0 Å². The summed E-state index contributed by atoms with van der Waals surface area (Å²) in [4.78, 5) is 6.53. The molecule has 3 nitrogen and oxygen atoms in total. The molecule has 0 aliphatic carbocycles. The lowest BCUT2D eigenvalue weighted by Crippen LogP contribution is -2.24. The van der Waals surface area contributed by atoms with Gasteiger partial charge < -0.3 is 4.74 Å². The summed E-state index contributed by atoms with van der Waals surface area (Å²) in [5.74, 6) is 0.966. The average Bonchev–Trinajstić information content (AvgIpc) is 2.42. The second-order valence-electron chi connectivity index (χ2n) is 4.67. The molecule has 1 aromatic carbocycles. The van der Waals surface area contributed by atoms with Crippen LogP contribution >= 0.6 is 0 Å². The molecule has 0 amide bonds. The molecule has 0 aliphatic heterocycles. The Morgan fingerprint density at radius 3 is 2.63 bits per heavy atom. The Bertz CT molecular complexity index is 499. The number of benzene rings is 1. The monoisotopic (exact) mass is 256 g/mol. The maximum atomic E-state index is 5.78. The molecule has 0 saturated carbocycles. The van der Waals surface area contributed by atoms with Gasteiger partial charge in [0, 0.05) is 19.3 Å². The fourth-order valence-electron chi connectivity index (χ4n) is 1.88. The summed E-state index contributed by atoms with van der Waals surface area (Å²) < 4.78 is 5.78. The molecule has 0 unspecified atom stereocenters. The second-order valence-corrected chi connectivity index (χ2v) is 4.67. The Hall–Kier alpha value is -1.87.